The van der Waals surface area contributed by atoms with Crippen LogP contribution in [0.15, 0.2) is 5.10 Å². The first-order valence-corrected chi connectivity index (χ1v) is 14.5. The van der Waals surface area contributed by atoms with E-state index in [2.05, 4.69) is 5.10 Å². The average Bonchev–Trinajstić information content (AvgIpc) is 3.18. The smallest absolute Gasteiger partial charge is 0.440 e. The zero-order chi connectivity index (χ0) is 30.5. The van der Waals surface area contributed by atoms with Gasteiger partial charge < -0.3 is 23.8 Å². The van der Waals surface area contributed by atoms with Crippen LogP contribution in [0.25, 0.3) is 0 Å². The lowest BCUT2D eigenvalue weighted by Gasteiger charge is -2.37. The Labute approximate surface area is 242 Å². The van der Waals surface area contributed by atoms with Crippen LogP contribution in [0.4, 0.5) is 14.4 Å². The topological polar surface area (TPSA) is 144 Å². The van der Waals surface area contributed by atoms with Crippen molar-refractivity contribution in [2.45, 2.75) is 104 Å². The number of carbonyl (C=O) groups excluding carboxylic acids is 5. The van der Waals surface area contributed by atoms with Crippen molar-refractivity contribution < 1.29 is 42.9 Å². The molecule has 13 heteroatoms. The molecule has 1 spiro atoms. The van der Waals surface area contributed by atoms with Crippen molar-refractivity contribution in [1.82, 2.24) is 14.8 Å². The summed E-state index contributed by atoms with van der Waals surface area (Å²) in [5, 5.41) is 4.52. The molecule has 4 amide bonds. The number of nitrogens with zero attached hydrogens (tertiary/aromatic N) is 4. The number of rotatable bonds is 13. The molecule has 0 atom stereocenters. The third-order valence-corrected chi connectivity index (χ3v) is 6.52. The highest BCUT2D eigenvalue weighted by Gasteiger charge is 2.48. The minimum absolute atomic E-state index is 0.0435. The summed E-state index contributed by atoms with van der Waals surface area (Å²) < 4.78 is 21.1. The van der Waals surface area contributed by atoms with E-state index in [1.54, 1.807) is 25.7 Å². The first-order chi connectivity index (χ1) is 19.4. The summed E-state index contributed by atoms with van der Waals surface area (Å²) in [6.07, 6.45) is 4.10. The molecule has 0 aromatic carbocycles. The summed E-state index contributed by atoms with van der Waals surface area (Å²) in [5.74, 6) is -0.537. The molecule has 0 radical (unpaired) electrons. The van der Waals surface area contributed by atoms with E-state index in [1.807, 2.05) is 13.8 Å². The molecule has 2 aliphatic heterocycles. The second-order valence-corrected chi connectivity index (χ2v) is 11.3. The van der Waals surface area contributed by atoms with E-state index >= 15 is 0 Å². The zero-order valence-electron chi connectivity index (χ0n) is 25.1. The van der Waals surface area contributed by atoms with Crippen molar-refractivity contribution in [3.05, 3.63) is 0 Å². The lowest BCUT2D eigenvalue weighted by molar-refractivity contribution is -0.155. The van der Waals surface area contributed by atoms with Gasteiger partial charge in [0.15, 0.2) is 0 Å². The van der Waals surface area contributed by atoms with Crippen molar-refractivity contribution >= 4 is 36.4 Å². The number of carbonyl (C=O) groups is 5. The van der Waals surface area contributed by atoms with Gasteiger partial charge in [-0.3, -0.25) is 14.5 Å². The van der Waals surface area contributed by atoms with Crippen LogP contribution < -0.4 is 0 Å². The van der Waals surface area contributed by atoms with Gasteiger partial charge in [0.1, 0.15) is 17.7 Å². The summed E-state index contributed by atoms with van der Waals surface area (Å²) in [7, 11) is 0. The summed E-state index contributed by atoms with van der Waals surface area (Å²) in [6, 6.07) is 0. The second-order valence-electron chi connectivity index (χ2n) is 11.3. The Morgan fingerprint density at radius 3 is 2.12 bits per heavy atom. The standard InChI is InChI=1S/C28H46N4O9/c1-6-8-18-38-25(36)32(26(37)39-19-9-7-2)29-15-11-10-12-22(33)30-16-13-28(14-17-30)21-31(24(35)41-28)20-23(34)40-27(3,4)5/h15H,6-14,16-21H2,1-5H3. The highest BCUT2D eigenvalue weighted by Crippen LogP contribution is 2.33. The van der Waals surface area contributed by atoms with Crippen molar-refractivity contribution in [2.24, 2.45) is 5.10 Å². The fourth-order valence-corrected chi connectivity index (χ4v) is 4.31. The van der Waals surface area contributed by atoms with E-state index in [4.69, 9.17) is 18.9 Å². The molecule has 0 aliphatic carbocycles. The zero-order valence-corrected chi connectivity index (χ0v) is 25.1. The second kappa shape index (κ2) is 16.2. The first kappa shape index (κ1) is 33.8. The number of imide groups is 1. The van der Waals surface area contributed by atoms with Crippen molar-refractivity contribution in [3.8, 4) is 0 Å². The van der Waals surface area contributed by atoms with Gasteiger partial charge in [0.05, 0.1) is 19.8 Å². The first-order valence-electron chi connectivity index (χ1n) is 14.5. The third kappa shape index (κ3) is 11.6. The molecule has 41 heavy (non-hydrogen) atoms. The van der Waals surface area contributed by atoms with Crippen LogP contribution in [-0.4, -0.2) is 102 Å². The number of ether oxygens (including phenoxy) is 4. The Morgan fingerprint density at radius 1 is 1.00 bits per heavy atom. The molecule has 0 saturated carbocycles. The number of unbranched alkanes of at least 4 members (excludes halogenated alkanes) is 3. The maximum Gasteiger partial charge on any atom is 0.440 e. The van der Waals surface area contributed by atoms with E-state index < -0.39 is 35.5 Å². The van der Waals surface area contributed by atoms with E-state index in [9.17, 15) is 24.0 Å². The predicted octanol–water partition coefficient (Wildman–Crippen LogP) is 4.47. The maximum absolute atomic E-state index is 12.8. The Hall–Kier alpha value is -3.38. The van der Waals surface area contributed by atoms with Gasteiger partial charge in [0.25, 0.3) is 0 Å². The summed E-state index contributed by atoms with van der Waals surface area (Å²) in [4.78, 5) is 65.0. The Morgan fingerprint density at radius 2 is 1.59 bits per heavy atom. The van der Waals surface area contributed by atoms with Gasteiger partial charge in [-0.2, -0.15) is 5.10 Å². The van der Waals surface area contributed by atoms with Crippen LogP contribution in [0.2, 0.25) is 0 Å². The minimum atomic E-state index is -0.896. The number of piperidine rings is 1. The molecule has 0 aromatic rings. The van der Waals surface area contributed by atoms with Crippen molar-refractivity contribution in [2.75, 3.05) is 39.4 Å². The van der Waals surface area contributed by atoms with Gasteiger partial charge in [-0.1, -0.05) is 31.7 Å². The summed E-state index contributed by atoms with van der Waals surface area (Å²) in [5.41, 5.74) is -1.36. The lowest BCUT2D eigenvalue weighted by Crippen LogP contribution is -2.49. The van der Waals surface area contributed by atoms with Gasteiger partial charge in [0.2, 0.25) is 5.91 Å². The van der Waals surface area contributed by atoms with Gasteiger partial charge in [-0.05, 0) is 46.5 Å². The largest absolute Gasteiger partial charge is 0.459 e. The molecule has 0 bridgehead atoms. The Kier molecular flexibility index (Phi) is 13.3. The molecule has 13 nitrogen and oxygen atoms in total. The predicted molar refractivity (Wildman–Crippen MR) is 149 cm³/mol. The summed E-state index contributed by atoms with van der Waals surface area (Å²) >= 11 is 0. The molecule has 0 aromatic heterocycles. The lowest BCUT2D eigenvalue weighted by atomic mass is 9.91. The SMILES string of the molecule is CCCCOC(=O)N(N=CCCCC(=O)N1CCC2(CC1)CN(CC(=O)OC(C)(C)C)C(=O)O2)C(=O)OCCCC. The van der Waals surface area contributed by atoms with Crippen LogP contribution in [0.3, 0.4) is 0 Å². The summed E-state index contributed by atoms with van der Waals surface area (Å²) in [6.45, 7) is 10.5. The van der Waals surface area contributed by atoms with Gasteiger partial charge >= 0.3 is 24.2 Å². The van der Waals surface area contributed by atoms with Crippen LogP contribution in [0, 0.1) is 0 Å². The highest BCUT2D eigenvalue weighted by atomic mass is 16.6. The number of likely N-dealkylation sites (tertiary alicyclic amines) is 1. The molecule has 2 fully saturated rings. The Bertz CT molecular complexity index is 917. The van der Waals surface area contributed by atoms with E-state index in [0.717, 1.165) is 12.8 Å². The van der Waals surface area contributed by atoms with Gasteiger partial charge in [-0.15, -0.1) is 0 Å². The van der Waals surface area contributed by atoms with Crippen molar-refractivity contribution in [1.29, 1.82) is 0 Å². The fraction of sp³-hybridized carbons (Fsp3) is 0.786. The van der Waals surface area contributed by atoms with E-state index in [0.29, 0.717) is 56.6 Å². The van der Waals surface area contributed by atoms with Crippen LogP contribution >= 0.6 is 0 Å². The monoisotopic (exact) mass is 582 g/mol. The molecule has 0 unspecified atom stereocenters. The normalized spacial score (nSPS) is 16.6. The number of amides is 4. The molecule has 2 rings (SSSR count). The molecule has 232 valence electrons. The van der Waals surface area contributed by atoms with Crippen LogP contribution in [0.5, 0.6) is 0 Å². The highest BCUT2D eigenvalue weighted by molar-refractivity contribution is 5.88. The van der Waals surface area contributed by atoms with Gasteiger partial charge in [-0.25, -0.2) is 14.4 Å². The third-order valence-electron chi connectivity index (χ3n) is 6.52. The van der Waals surface area contributed by atoms with Crippen LogP contribution in [-0.2, 0) is 28.5 Å². The molecule has 2 saturated heterocycles. The van der Waals surface area contributed by atoms with E-state index in [-0.39, 0.29) is 38.6 Å². The Balaban J connectivity index is 1.78. The average molecular weight is 583 g/mol. The van der Waals surface area contributed by atoms with Crippen molar-refractivity contribution in [3.63, 3.8) is 0 Å². The van der Waals surface area contributed by atoms with Gasteiger partial charge in [0, 0.05) is 38.6 Å². The number of hydrogen-bond donors (Lipinski definition) is 0. The molecular weight excluding hydrogens is 536 g/mol. The molecule has 0 N–H and O–H groups in total. The quantitative estimate of drug-likeness (QED) is 0.101. The number of hydrogen-bond acceptors (Lipinski definition) is 10. The molecule has 2 aliphatic rings. The maximum atomic E-state index is 12.8. The van der Waals surface area contributed by atoms with Crippen LogP contribution in [0.1, 0.15) is 92.4 Å². The number of esters is 1. The molecular formula is C28H46N4O9. The number of hydrazone groups is 1. The fourth-order valence-electron chi connectivity index (χ4n) is 4.31. The van der Waals surface area contributed by atoms with E-state index in [1.165, 1.54) is 11.1 Å². The molecule has 2 heterocycles. The minimum Gasteiger partial charge on any atom is -0.459 e.